The van der Waals surface area contributed by atoms with Crippen molar-refractivity contribution in [1.29, 1.82) is 0 Å². The summed E-state index contributed by atoms with van der Waals surface area (Å²) >= 11 is 0. The predicted octanol–water partition coefficient (Wildman–Crippen LogP) is 0.176. The summed E-state index contributed by atoms with van der Waals surface area (Å²) in [6, 6.07) is 16.7. The molecule has 0 heterocycles. The average molecular weight is 288 g/mol. The van der Waals surface area contributed by atoms with Gasteiger partial charge in [0.15, 0.2) is 0 Å². The van der Waals surface area contributed by atoms with E-state index in [0.29, 0.717) is 6.42 Å². The van der Waals surface area contributed by atoms with E-state index < -0.39 is 10.1 Å². The van der Waals surface area contributed by atoms with Gasteiger partial charge in [0.25, 0.3) is 0 Å². The van der Waals surface area contributed by atoms with Crippen molar-refractivity contribution in [2.45, 2.75) is 19.8 Å². The van der Waals surface area contributed by atoms with Crippen LogP contribution in [0.2, 0.25) is 0 Å². The van der Waals surface area contributed by atoms with E-state index in [-0.39, 0.29) is 35.3 Å². The third kappa shape index (κ3) is 8.39. The molecular formula is C14H17NaO3S. The number of hydrogen-bond acceptors (Lipinski definition) is 3. The number of fused-ring (bicyclic) bond motifs is 1. The molecule has 0 fully saturated rings. The molecule has 3 nitrogen and oxygen atoms in total. The molecular weight excluding hydrogens is 271 g/mol. The molecule has 0 aliphatic heterocycles. The molecule has 0 saturated heterocycles. The number of unbranched alkanes of at least 4 members (excludes halogenated alkanes) is 1. The maximum absolute atomic E-state index is 9.83. The Bertz CT molecular complexity index is 517. The Kier molecular flexibility index (Phi) is 9.31. The number of rotatable bonds is 3. The third-order valence-electron chi connectivity index (χ3n) is 2.41. The van der Waals surface area contributed by atoms with Gasteiger partial charge in [-0.05, 0) is 17.2 Å². The molecule has 5 heteroatoms. The van der Waals surface area contributed by atoms with Crippen LogP contribution in [0.3, 0.4) is 0 Å². The van der Waals surface area contributed by atoms with Gasteiger partial charge in [0, 0.05) is 5.75 Å². The first-order valence-electron chi connectivity index (χ1n) is 5.90. The molecule has 0 saturated carbocycles. The van der Waals surface area contributed by atoms with E-state index in [2.05, 4.69) is 48.5 Å². The molecule has 98 valence electrons. The fraction of sp³-hybridized carbons (Fsp3) is 0.286. The molecule has 0 aliphatic carbocycles. The van der Waals surface area contributed by atoms with E-state index in [0.717, 1.165) is 6.42 Å². The molecule has 0 atom stereocenters. The van der Waals surface area contributed by atoms with Crippen LogP contribution in [0.1, 0.15) is 19.8 Å². The molecule has 0 radical (unpaired) electrons. The standard InChI is InChI=1S/C10H8.C4H10O3S.Na/c1-2-6-10-8-4-3-7-9(10)5-1;1-2-3-4-8(5,6)7;/h1-8H;2-4H2,1H3,(H,5,6,7);/q;;+1/p-1. The molecule has 0 N–H and O–H groups in total. The summed E-state index contributed by atoms with van der Waals surface area (Å²) in [6.07, 6.45) is 1.23. The van der Waals surface area contributed by atoms with E-state index in [4.69, 9.17) is 0 Å². The van der Waals surface area contributed by atoms with E-state index in [1.165, 1.54) is 10.8 Å². The van der Waals surface area contributed by atoms with Gasteiger partial charge >= 0.3 is 29.6 Å². The molecule has 0 unspecified atom stereocenters. The number of hydrogen-bond donors (Lipinski definition) is 0. The zero-order valence-corrected chi connectivity index (χ0v) is 14.2. The second-order valence-electron chi connectivity index (χ2n) is 3.96. The van der Waals surface area contributed by atoms with Crippen molar-refractivity contribution in [3.63, 3.8) is 0 Å². The minimum atomic E-state index is -3.94. The van der Waals surface area contributed by atoms with E-state index in [1.54, 1.807) is 0 Å². The van der Waals surface area contributed by atoms with Crippen molar-refractivity contribution in [2.24, 2.45) is 0 Å². The second-order valence-corrected chi connectivity index (χ2v) is 5.49. The Morgan fingerprint density at radius 1 is 0.947 bits per heavy atom. The van der Waals surface area contributed by atoms with Crippen LogP contribution in [-0.4, -0.2) is 18.7 Å². The van der Waals surface area contributed by atoms with Crippen LogP contribution in [0.4, 0.5) is 0 Å². The Morgan fingerprint density at radius 3 is 1.53 bits per heavy atom. The van der Waals surface area contributed by atoms with Gasteiger partial charge < -0.3 is 4.55 Å². The van der Waals surface area contributed by atoms with Crippen molar-refractivity contribution >= 4 is 20.9 Å². The molecule has 0 spiro atoms. The average Bonchev–Trinajstić information content (AvgIpc) is 2.36. The predicted molar refractivity (Wildman–Crippen MR) is 73.4 cm³/mol. The number of benzene rings is 2. The van der Waals surface area contributed by atoms with Gasteiger partial charge in [0.1, 0.15) is 0 Å². The van der Waals surface area contributed by atoms with Crippen molar-refractivity contribution in [3.05, 3.63) is 48.5 Å². The Balaban J connectivity index is 0.000000335. The van der Waals surface area contributed by atoms with Gasteiger partial charge in [-0.25, -0.2) is 8.42 Å². The monoisotopic (exact) mass is 288 g/mol. The van der Waals surface area contributed by atoms with Crippen molar-refractivity contribution in [2.75, 3.05) is 5.75 Å². The van der Waals surface area contributed by atoms with Crippen LogP contribution >= 0.6 is 0 Å². The van der Waals surface area contributed by atoms with Crippen molar-refractivity contribution in [3.8, 4) is 0 Å². The summed E-state index contributed by atoms with van der Waals surface area (Å²) in [7, 11) is -3.94. The summed E-state index contributed by atoms with van der Waals surface area (Å²) in [5, 5.41) is 2.62. The first kappa shape index (κ1) is 18.6. The molecule has 2 aromatic rings. The second kappa shape index (κ2) is 9.50. The van der Waals surface area contributed by atoms with Crippen molar-refractivity contribution in [1.82, 2.24) is 0 Å². The first-order valence-corrected chi connectivity index (χ1v) is 7.48. The first-order chi connectivity index (χ1) is 8.53. The van der Waals surface area contributed by atoms with Crippen LogP contribution in [-0.2, 0) is 10.1 Å². The molecule has 2 aromatic carbocycles. The topological polar surface area (TPSA) is 57.2 Å². The molecule has 0 bridgehead atoms. The quantitative estimate of drug-likeness (QED) is 0.598. The fourth-order valence-electron chi connectivity index (χ4n) is 1.45. The van der Waals surface area contributed by atoms with Gasteiger partial charge in [0.2, 0.25) is 0 Å². The fourth-order valence-corrected chi connectivity index (χ4v) is 2.10. The summed E-state index contributed by atoms with van der Waals surface area (Å²) in [4.78, 5) is 0. The van der Waals surface area contributed by atoms with Gasteiger partial charge in [-0.15, -0.1) is 0 Å². The van der Waals surface area contributed by atoms with Crippen LogP contribution in [0.15, 0.2) is 48.5 Å². The largest absolute Gasteiger partial charge is 1.00 e. The Hall–Kier alpha value is -0.390. The van der Waals surface area contributed by atoms with E-state index in [1.807, 2.05) is 6.92 Å². The van der Waals surface area contributed by atoms with Crippen LogP contribution in [0.25, 0.3) is 10.8 Å². The summed E-state index contributed by atoms with van der Waals surface area (Å²) < 4.78 is 29.5. The van der Waals surface area contributed by atoms with E-state index in [9.17, 15) is 13.0 Å². The maximum atomic E-state index is 9.83. The van der Waals surface area contributed by atoms with Crippen molar-refractivity contribution < 1.29 is 42.5 Å². The Morgan fingerprint density at radius 2 is 1.32 bits per heavy atom. The van der Waals surface area contributed by atoms with Crippen LogP contribution in [0.5, 0.6) is 0 Å². The smallest absolute Gasteiger partial charge is 0.748 e. The summed E-state index contributed by atoms with van der Waals surface area (Å²) in [6.45, 7) is 1.84. The van der Waals surface area contributed by atoms with E-state index >= 15 is 0 Å². The summed E-state index contributed by atoms with van der Waals surface area (Å²) in [5.41, 5.74) is 0. The van der Waals surface area contributed by atoms with Gasteiger partial charge in [-0.2, -0.15) is 0 Å². The maximum Gasteiger partial charge on any atom is 1.00 e. The normalized spacial score (nSPS) is 10.2. The molecule has 2 rings (SSSR count). The Labute approximate surface area is 137 Å². The van der Waals surface area contributed by atoms with Crippen LogP contribution in [0, 0.1) is 0 Å². The molecule has 19 heavy (non-hydrogen) atoms. The minimum Gasteiger partial charge on any atom is -0.748 e. The summed E-state index contributed by atoms with van der Waals surface area (Å²) in [5.74, 6) is -0.219. The zero-order valence-electron chi connectivity index (χ0n) is 11.4. The minimum absolute atomic E-state index is 0. The van der Waals surface area contributed by atoms with Gasteiger partial charge in [-0.3, -0.25) is 0 Å². The molecule has 0 aromatic heterocycles. The molecule has 0 aliphatic rings. The van der Waals surface area contributed by atoms with Gasteiger partial charge in [0.05, 0.1) is 10.1 Å². The molecule has 0 amide bonds. The zero-order chi connectivity index (χ0) is 13.4. The van der Waals surface area contributed by atoms with Crippen LogP contribution < -0.4 is 29.6 Å². The SMILES string of the molecule is CCCCS(=O)(=O)[O-].[Na+].c1ccc2ccccc2c1. The third-order valence-corrected chi connectivity index (χ3v) is 3.20. The van der Waals surface area contributed by atoms with Gasteiger partial charge in [-0.1, -0.05) is 61.9 Å².